The quantitative estimate of drug-likeness (QED) is 0.397. The summed E-state index contributed by atoms with van der Waals surface area (Å²) in [6, 6.07) is 12.4. The normalized spacial score (nSPS) is 12.3. The van der Waals surface area contributed by atoms with Gasteiger partial charge < -0.3 is 20.0 Å². The van der Waals surface area contributed by atoms with Crippen LogP contribution in [0.15, 0.2) is 36.4 Å². The third-order valence-corrected chi connectivity index (χ3v) is 5.76. The van der Waals surface area contributed by atoms with Crippen LogP contribution in [0.4, 0.5) is 17.1 Å². The van der Waals surface area contributed by atoms with Crippen LogP contribution in [0.2, 0.25) is 0 Å². The smallest absolute Gasteiger partial charge is 0.214 e. The largest absolute Gasteiger partial charge is 0.353 e. The summed E-state index contributed by atoms with van der Waals surface area (Å²) in [5.74, 6) is 0. The van der Waals surface area contributed by atoms with Crippen molar-refractivity contribution in [2.45, 2.75) is 19.4 Å². The Labute approximate surface area is 184 Å². The van der Waals surface area contributed by atoms with Gasteiger partial charge in [0.1, 0.15) is 5.69 Å². The van der Waals surface area contributed by atoms with Crippen LogP contribution < -0.4 is 10.2 Å². The summed E-state index contributed by atoms with van der Waals surface area (Å²) >= 11 is 0. The van der Waals surface area contributed by atoms with E-state index in [4.69, 9.17) is 5.10 Å². The first-order chi connectivity index (χ1) is 15.0. The van der Waals surface area contributed by atoms with Crippen molar-refractivity contribution in [1.29, 1.82) is 0 Å². The first-order valence-electron chi connectivity index (χ1n) is 10.9. The first kappa shape index (κ1) is 21.3. The number of fused-ring (bicyclic) bond motifs is 2. The Hall–Kier alpha value is -2.90. The number of nitrogens with zero attached hydrogens (tertiary/aromatic N) is 5. The van der Waals surface area contributed by atoms with Crippen molar-refractivity contribution in [1.82, 2.24) is 19.6 Å². The van der Waals surface area contributed by atoms with Gasteiger partial charge in [-0.25, -0.2) is 0 Å². The van der Waals surface area contributed by atoms with E-state index in [1.807, 2.05) is 17.0 Å². The lowest BCUT2D eigenvalue weighted by molar-refractivity contribution is -0.107. The molecular formula is C24H32N6O. The van der Waals surface area contributed by atoms with E-state index < -0.39 is 0 Å². The van der Waals surface area contributed by atoms with Crippen LogP contribution in [0.3, 0.4) is 0 Å². The van der Waals surface area contributed by atoms with Crippen molar-refractivity contribution in [3.8, 4) is 11.3 Å². The molecule has 1 amide bonds. The Morgan fingerprint density at radius 3 is 2.45 bits per heavy atom. The van der Waals surface area contributed by atoms with E-state index in [0.29, 0.717) is 6.54 Å². The fourth-order valence-corrected chi connectivity index (χ4v) is 4.24. The summed E-state index contributed by atoms with van der Waals surface area (Å²) < 4.78 is 2.11. The predicted molar refractivity (Wildman–Crippen MR) is 128 cm³/mol. The molecule has 0 atom stereocenters. The van der Waals surface area contributed by atoms with Gasteiger partial charge in [0.05, 0.1) is 22.3 Å². The maximum atomic E-state index is 12.0. The second kappa shape index (κ2) is 9.08. The summed E-state index contributed by atoms with van der Waals surface area (Å²) in [5, 5.41) is 9.71. The van der Waals surface area contributed by atoms with Crippen molar-refractivity contribution < 1.29 is 4.79 Å². The van der Waals surface area contributed by atoms with Crippen molar-refractivity contribution in [2.24, 2.45) is 0 Å². The topological polar surface area (TPSA) is 56.6 Å². The third-order valence-electron chi connectivity index (χ3n) is 5.76. The fourth-order valence-electron chi connectivity index (χ4n) is 4.24. The monoisotopic (exact) mass is 420 g/mol. The average Bonchev–Trinajstić information content (AvgIpc) is 3.11. The highest BCUT2D eigenvalue weighted by Crippen LogP contribution is 2.47. The minimum atomic E-state index is 0.676. The van der Waals surface area contributed by atoms with Gasteiger partial charge >= 0.3 is 0 Å². The molecule has 0 fully saturated rings. The number of carbonyl (C=O) groups excluding carboxylic acids is 1. The first-order valence-corrected chi connectivity index (χ1v) is 10.9. The van der Waals surface area contributed by atoms with E-state index >= 15 is 0 Å². The molecule has 2 heterocycles. The molecule has 0 saturated carbocycles. The van der Waals surface area contributed by atoms with E-state index in [0.717, 1.165) is 78.1 Å². The molecule has 7 nitrogen and oxygen atoms in total. The SMILES string of the molecule is CN(C)CCCN(C=O)c1ccc2c3c(nn2CCCN(C)C)-c2ccccc2Nc13. The number of benzene rings is 2. The van der Waals surface area contributed by atoms with Crippen molar-refractivity contribution in [2.75, 3.05) is 58.0 Å². The number of amides is 1. The van der Waals surface area contributed by atoms with Crippen molar-refractivity contribution >= 4 is 34.4 Å². The van der Waals surface area contributed by atoms with E-state index in [1.165, 1.54) is 0 Å². The third kappa shape index (κ3) is 4.29. The van der Waals surface area contributed by atoms with E-state index in [1.54, 1.807) is 0 Å². The van der Waals surface area contributed by atoms with Crippen molar-refractivity contribution in [3.05, 3.63) is 36.4 Å². The lowest BCUT2D eigenvalue weighted by atomic mass is 9.99. The summed E-state index contributed by atoms with van der Waals surface area (Å²) in [6.45, 7) is 3.49. The number of carbonyl (C=O) groups is 1. The van der Waals surface area contributed by atoms with Gasteiger partial charge in [-0.1, -0.05) is 18.2 Å². The molecule has 1 aliphatic heterocycles. The summed E-state index contributed by atoms with van der Waals surface area (Å²) in [5.41, 5.74) is 6.11. The molecule has 4 rings (SSSR count). The minimum absolute atomic E-state index is 0.676. The number of rotatable bonds is 10. The van der Waals surface area contributed by atoms with Crippen LogP contribution in [0.5, 0.6) is 0 Å². The molecule has 0 unspecified atom stereocenters. The van der Waals surface area contributed by atoms with Crippen LogP contribution in [0.1, 0.15) is 12.8 Å². The zero-order valence-electron chi connectivity index (χ0n) is 18.9. The van der Waals surface area contributed by atoms with E-state index in [2.05, 4.69) is 72.3 Å². The fraction of sp³-hybridized carbons (Fsp3) is 0.417. The van der Waals surface area contributed by atoms with Gasteiger partial charge in [-0.15, -0.1) is 0 Å². The van der Waals surface area contributed by atoms with E-state index in [9.17, 15) is 4.79 Å². The number of hydrogen-bond acceptors (Lipinski definition) is 5. The molecular weight excluding hydrogens is 388 g/mol. The number of aryl methyl sites for hydroxylation is 1. The molecule has 0 radical (unpaired) electrons. The zero-order chi connectivity index (χ0) is 22.0. The molecule has 164 valence electrons. The predicted octanol–water partition coefficient (Wildman–Crippen LogP) is 3.63. The molecule has 1 aromatic heterocycles. The zero-order valence-corrected chi connectivity index (χ0v) is 18.9. The molecule has 1 N–H and O–H groups in total. The highest BCUT2D eigenvalue weighted by molar-refractivity contribution is 6.13. The van der Waals surface area contributed by atoms with Crippen LogP contribution in [-0.2, 0) is 11.3 Å². The number of anilines is 3. The van der Waals surface area contributed by atoms with E-state index in [-0.39, 0.29) is 0 Å². The van der Waals surface area contributed by atoms with Gasteiger partial charge in [-0.05, 0) is 72.3 Å². The molecule has 3 aromatic rings. The highest BCUT2D eigenvalue weighted by atomic mass is 16.1. The number of aromatic nitrogens is 2. The Kier molecular flexibility index (Phi) is 6.25. The van der Waals surface area contributed by atoms with Gasteiger partial charge in [-0.3, -0.25) is 9.48 Å². The molecule has 0 saturated heterocycles. The molecule has 0 aliphatic carbocycles. The second-order valence-electron chi connectivity index (χ2n) is 8.71. The van der Waals surface area contributed by atoms with Crippen molar-refractivity contribution in [3.63, 3.8) is 0 Å². The summed E-state index contributed by atoms with van der Waals surface area (Å²) in [4.78, 5) is 18.1. The van der Waals surface area contributed by atoms with Gasteiger partial charge in [0.2, 0.25) is 6.41 Å². The molecule has 0 spiro atoms. The van der Waals surface area contributed by atoms with Crippen LogP contribution in [-0.4, -0.2) is 73.8 Å². The van der Waals surface area contributed by atoms with Crippen LogP contribution in [0, 0.1) is 0 Å². The Bertz CT molecular complexity index is 1070. The van der Waals surface area contributed by atoms with Gasteiger partial charge in [0, 0.05) is 24.3 Å². The molecule has 2 aromatic carbocycles. The van der Waals surface area contributed by atoms with Crippen LogP contribution in [0.25, 0.3) is 22.2 Å². The Morgan fingerprint density at radius 2 is 1.71 bits per heavy atom. The highest BCUT2D eigenvalue weighted by Gasteiger charge is 2.26. The minimum Gasteiger partial charge on any atom is -0.353 e. The van der Waals surface area contributed by atoms with Gasteiger partial charge in [0.25, 0.3) is 0 Å². The number of para-hydroxylation sites is 1. The summed E-state index contributed by atoms with van der Waals surface area (Å²) in [7, 11) is 8.29. The standard InChI is InChI=1S/C24H32N6O/c1-27(2)13-7-15-29(17-31)21-12-11-20-22-23(26-30(20)16-8-14-28(3)4)18-9-5-6-10-19(18)25-24(21)22/h5-6,9-12,17,25H,7-8,13-16H2,1-4H3. The summed E-state index contributed by atoms with van der Waals surface area (Å²) in [6.07, 6.45) is 2.88. The maximum Gasteiger partial charge on any atom is 0.214 e. The van der Waals surface area contributed by atoms with Gasteiger partial charge in [0.15, 0.2) is 0 Å². The van der Waals surface area contributed by atoms with Crippen LogP contribution >= 0.6 is 0 Å². The molecule has 1 aliphatic rings. The molecule has 7 heteroatoms. The molecule has 31 heavy (non-hydrogen) atoms. The lowest BCUT2D eigenvalue weighted by Crippen LogP contribution is -2.26. The number of hydrogen-bond donors (Lipinski definition) is 1. The lowest BCUT2D eigenvalue weighted by Gasteiger charge is -2.26. The van der Waals surface area contributed by atoms with Gasteiger partial charge in [-0.2, -0.15) is 5.10 Å². The average molecular weight is 421 g/mol. The second-order valence-corrected chi connectivity index (χ2v) is 8.71. The number of nitrogens with one attached hydrogen (secondary N) is 1. The Balaban J connectivity index is 1.77. The molecule has 0 bridgehead atoms. The maximum absolute atomic E-state index is 12.0. The Morgan fingerprint density at radius 1 is 0.968 bits per heavy atom.